The minimum Gasteiger partial charge on any atom is -0.463 e. The molecule has 0 spiro atoms. The number of hydrogen-bond donors (Lipinski definition) is 1. The Morgan fingerprint density at radius 1 is 1.37 bits per heavy atom. The van der Waals surface area contributed by atoms with Gasteiger partial charge in [0, 0.05) is 17.8 Å². The molecule has 102 valence electrons. The Labute approximate surface area is 117 Å². The lowest BCUT2D eigenvalue weighted by Crippen LogP contribution is -2.34. The Hall–Kier alpha value is -1.48. The summed E-state index contributed by atoms with van der Waals surface area (Å²) in [5.74, 6) is 0.491. The van der Waals surface area contributed by atoms with Gasteiger partial charge in [0.25, 0.3) is 5.91 Å². The average molecular weight is 280 g/mol. The van der Waals surface area contributed by atoms with E-state index < -0.39 is 0 Å². The second-order valence-electron chi connectivity index (χ2n) is 5.43. The molecule has 1 heterocycles. The van der Waals surface area contributed by atoms with E-state index in [1.165, 1.54) is 6.26 Å². The van der Waals surface area contributed by atoms with Gasteiger partial charge in [0.05, 0.1) is 5.56 Å². The van der Waals surface area contributed by atoms with Crippen molar-refractivity contribution >= 4 is 28.5 Å². The second kappa shape index (κ2) is 5.66. The molecule has 0 saturated carbocycles. The fourth-order valence-electron chi connectivity index (χ4n) is 1.91. The zero-order valence-corrected chi connectivity index (χ0v) is 12.0. The smallest absolute Gasteiger partial charge is 0.255 e. The first-order valence-corrected chi connectivity index (χ1v) is 6.87. The largest absolute Gasteiger partial charge is 0.463 e. The number of amides is 1. The third kappa shape index (κ3) is 3.29. The van der Waals surface area contributed by atoms with Gasteiger partial charge >= 0.3 is 0 Å². The molecular weight excluding hydrogens is 262 g/mol. The zero-order valence-electron chi connectivity index (χ0n) is 11.2. The van der Waals surface area contributed by atoms with Crippen LogP contribution in [0.4, 0.5) is 0 Å². The number of halogens is 1. The normalized spacial score (nSPS) is 11.7. The highest BCUT2D eigenvalue weighted by atomic mass is 35.5. The van der Waals surface area contributed by atoms with Crippen LogP contribution in [-0.2, 0) is 0 Å². The molecule has 2 aromatic rings. The predicted molar refractivity (Wildman–Crippen MR) is 77.7 cm³/mol. The van der Waals surface area contributed by atoms with E-state index in [1.807, 2.05) is 24.3 Å². The first kappa shape index (κ1) is 13.9. The van der Waals surface area contributed by atoms with Crippen molar-refractivity contribution in [2.75, 3.05) is 12.4 Å². The SMILES string of the molecule is CC(C)(CCCl)CNC(=O)c1coc2ccccc12. The fraction of sp³-hybridized carbons (Fsp3) is 0.400. The molecule has 4 heteroatoms. The van der Waals surface area contributed by atoms with E-state index in [-0.39, 0.29) is 11.3 Å². The third-order valence-electron chi connectivity index (χ3n) is 3.22. The maximum Gasteiger partial charge on any atom is 0.255 e. The minimum absolute atomic E-state index is 0.00303. The van der Waals surface area contributed by atoms with Crippen molar-refractivity contribution in [2.45, 2.75) is 20.3 Å². The summed E-state index contributed by atoms with van der Waals surface area (Å²) in [6, 6.07) is 7.52. The summed E-state index contributed by atoms with van der Waals surface area (Å²) < 4.78 is 5.37. The van der Waals surface area contributed by atoms with E-state index in [4.69, 9.17) is 16.0 Å². The quantitative estimate of drug-likeness (QED) is 0.846. The van der Waals surface area contributed by atoms with Gasteiger partial charge < -0.3 is 9.73 Å². The fourth-order valence-corrected chi connectivity index (χ4v) is 2.42. The Morgan fingerprint density at radius 2 is 2.11 bits per heavy atom. The van der Waals surface area contributed by atoms with Gasteiger partial charge in [0.2, 0.25) is 0 Å². The molecule has 0 saturated heterocycles. The van der Waals surface area contributed by atoms with E-state index >= 15 is 0 Å². The molecule has 1 aromatic heterocycles. The zero-order chi connectivity index (χ0) is 13.9. The number of benzene rings is 1. The summed E-state index contributed by atoms with van der Waals surface area (Å²) in [4.78, 5) is 12.2. The summed E-state index contributed by atoms with van der Waals surface area (Å²) >= 11 is 5.75. The number of para-hydroxylation sites is 1. The molecule has 0 fully saturated rings. The van der Waals surface area contributed by atoms with Crippen molar-refractivity contribution in [2.24, 2.45) is 5.41 Å². The van der Waals surface area contributed by atoms with Gasteiger partial charge in [-0.3, -0.25) is 4.79 Å². The third-order valence-corrected chi connectivity index (χ3v) is 3.41. The highest BCUT2D eigenvalue weighted by Gasteiger charge is 2.20. The number of furan rings is 1. The number of fused-ring (bicyclic) bond motifs is 1. The summed E-state index contributed by atoms with van der Waals surface area (Å²) in [6.45, 7) is 4.77. The van der Waals surface area contributed by atoms with Crippen molar-refractivity contribution in [1.29, 1.82) is 0 Å². The number of alkyl halides is 1. The van der Waals surface area contributed by atoms with E-state index in [2.05, 4.69) is 19.2 Å². The number of carbonyl (C=O) groups is 1. The van der Waals surface area contributed by atoms with E-state index in [1.54, 1.807) is 0 Å². The van der Waals surface area contributed by atoms with E-state index in [0.717, 1.165) is 17.4 Å². The average Bonchev–Trinajstić information content (AvgIpc) is 2.80. The molecule has 2 rings (SSSR count). The van der Waals surface area contributed by atoms with Gasteiger partial charge in [-0.1, -0.05) is 32.0 Å². The van der Waals surface area contributed by atoms with Crippen LogP contribution in [0.2, 0.25) is 0 Å². The van der Waals surface area contributed by atoms with Crippen molar-refractivity contribution < 1.29 is 9.21 Å². The van der Waals surface area contributed by atoms with Gasteiger partial charge in [0.15, 0.2) is 0 Å². The lowest BCUT2D eigenvalue weighted by Gasteiger charge is -2.23. The Bertz CT molecular complexity index is 574. The van der Waals surface area contributed by atoms with Crippen LogP contribution in [0.3, 0.4) is 0 Å². The van der Waals surface area contributed by atoms with Crippen LogP contribution in [0.5, 0.6) is 0 Å². The number of hydrogen-bond acceptors (Lipinski definition) is 2. The summed E-state index contributed by atoms with van der Waals surface area (Å²) in [5.41, 5.74) is 1.31. The Morgan fingerprint density at radius 3 is 2.84 bits per heavy atom. The van der Waals surface area contributed by atoms with Crippen LogP contribution in [0.25, 0.3) is 11.0 Å². The van der Waals surface area contributed by atoms with E-state index in [0.29, 0.717) is 18.0 Å². The van der Waals surface area contributed by atoms with Gasteiger partial charge in [-0.15, -0.1) is 11.6 Å². The first-order chi connectivity index (χ1) is 9.03. The molecule has 0 aliphatic heterocycles. The summed E-state index contributed by atoms with van der Waals surface area (Å²) in [5, 5.41) is 3.79. The van der Waals surface area contributed by atoms with Crippen LogP contribution in [0, 0.1) is 5.41 Å². The molecule has 1 amide bonds. The van der Waals surface area contributed by atoms with Crippen LogP contribution < -0.4 is 5.32 Å². The number of carbonyl (C=O) groups excluding carboxylic acids is 1. The molecular formula is C15H18ClNO2. The molecule has 0 unspecified atom stereocenters. The lowest BCUT2D eigenvalue weighted by molar-refractivity contribution is 0.0936. The second-order valence-corrected chi connectivity index (χ2v) is 5.81. The van der Waals surface area contributed by atoms with Crippen molar-refractivity contribution in [3.05, 3.63) is 36.1 Å². The molecule has 19 heavy (non-hydrogen) atoms. The molecule has 1 N–H and O–H groups in total. The maximum atomic E-state index is 12.2. The van der Waals surface area contributed by atoms with Crippen LogP contribution in [0.15, 0.2) is 34.9 Å². The van der Waals surface area contributed by atoms with Crippen LogP contribution in [0.1, 0.15) is 30.6 Å². The van der Waals surface area contributed by atoms with Crippen molar-refractivity contribution in [1.82, 2.24) is 5.32 Å². The van der Waals surface area contributed by atoms with Crippen molar-refractivity contribution in [3.8, 4) is 0 Å². The van der Waals surface area contributed by atoms with Gasteiger partial charge in [-0.25, -0.2) is 0 Å². The first-order valence-electron chi connectivity index (χ1n) is 6.34. The minimum atomic E-state index is -0.104. The molecule has 0 aliphatic carbocycles. The van der Waals surface area contributed by atoms with Crippen molar-refractivity contribution in [3.63, 3.8) is 0 Å². The highest BCUT2D eigenvalue weighted by molar-refractivity contribution is 6.17. The molecule has 0 bridgehead atoms. The maximum absolute atomic E-state index is 12.2. The Balaban J connectivity index is 2.08. The van der Waals surface area contributed by atoms with Gasteiger partial charge in [0.1, 0.15) is 11.8 Å². The van der Waals surface area contributed by atoms with Crippen LogP contribution >= 0.6 is 11.6 Å². The molecule has 3 nitrogen and oxygen atoms in total. The predicted octanol–water partition coefficient (Wildman–Crippen LogP) is 3.82. The monoisotopic (exact) mass is 279 g/mol. The molecule has 1 aromatic carbocycles. The standard InChI is InChI=1S/C15H18ClNO2/c1-15(2,7-8-16)10-17-14(18)12-9-19-13-6-4-3-5-11(12)13/h3-6,9H,7-8,10H2,1-2H3,(H,17,18). The van der Waals surface area contributed by atoms with Gasteiger partial charge in [-0.2, -0.15) is 0 Å². The van der Waals surface area contributed by atoms with Crippen LogP contribution in [-0.4, -0.2) is 18.3 Å². The highest BCUT2D eigenvalue weighted by Crippen LogP contribution is 2.22. The summed E-state index contributed by atoms with van der Waals surface area (Å²) in [6.07, 6.45) is 2.37. The number of nitrogens with one attached hydrogen (secondary N) is 1. The van der Waals surface area contributed by atoms with Gasteiger partial charge in [-0.05, 0) is 17.9 Å². The lowest BCUT2D eigenvalue weighted by atomic mass is 9.90. The summed E-state index contributed by atoms with van der Waals surface area (Å²) in [7, 11) is 0. The van der Waals surface area contributed by atoms with E-state index in [9.17, 15) is 4.79 Å². The topological polar surface area (TPSA) is 42.2 Å². The molecule has 0 radical (unpaired) electrons. The molecule has 0 atom stereocenters. The Kier molecular flexibility index (Phi) is 4.15. The number of rotatable bonds is 5. The molecule has 0 aliphatic rings.